The molecule has 15 heavy (non-hydrogen) atoms. The third-order valence-electron chi connectivity index (χ3n) is 2.60. The minimum atomic E-state index is 0.427. The van der Waals surface area contributed by atoms with Crippen LogP contribution in [0.5, 0.6) is 0 Å². The largest absolute Gasteiger partial charge is 0.384 e. The molecule has 1 aromatic rings. The van der Waals surface area contributed by atoms with Crippen molar-refractivity contribution >= 4 is 15.9 Å². The van der Waals surface area contributed by atoms with Crippen LogP contribution in [0.25, 0.3) is 0 Å². The van der Waals surface area contributed by atoms with Gasteiger partial charge in [-0.3, -0.25) is 0 Å². The van der Waals surface area contributed by atoms with Gasteiger partial charge in [-0.05, 0) is 11.5 Å². The summed E-state index contributed by atoms with van der Waals surface area (Å²) in [6.45, 7) is 5.22. The van der Waals surface area contributed by atoms with Crippen LogP contribution in [0.2, 0.25) is 0 Å². The highest BCUT2D eigenvalue weighted by atomic mass is 79.9. The molecule has 0 bridgehead atoms. The van der Waals surface area contributed by atoms with E-state index >= 15 is 0 Å². The Labute approximate surface area is 101 Å². The number of benzene rings is 1. The van der Waals surface area contributed by atoms with E-state index in [0.29, 0.717) is 16.7 Å². The molecule has 0 fully saturated rings. The number of halogens is 1. The molecular formula is C13H19BrO. The van der Waals surface area contributed by atoms with Crippen molar-refractivity contribution in [2.75, 3.05) is 13.7 Å². The van der Waals surface area contributed by atoms with Gasteiger partial charge < -0.3 is 4.74 Å². The van der Waals surface area contributed by atoms with Crippen molar-refractivity contribution in [2.24, 2.45) is 5.92 Å². The summed E-state index contributed by atoms with van der Waals surface area (Å²) < 4.78 is 5.30. The van der Waals surface area contributed by atoms with E-state index in [1.54, 1.807) is 7.11 Å². The Bertz CT molecular complexity index is 271. The van der Waals surface area contributed by atoms with Crippen molar-refractivity contribution in [1.29, 1.82) is 0 Å². The lowest BCUT2D eigenvalue weighted by atomic mass is 9.91. The minimum Gasteiger partial charge on any atom is -0.384 e. The molecular weight excluding hydrogens is 252 g/mol. The van der Waals surface area contributed by atoms with Gasteiger partial charge in [-0.25, -0.2) is 0 Å². The summed E-state index contributed by atoms with van der Waals surface area (Å²) >= 11 is 3.77. The number of hydrogen-bond acceptors (Lipinski definition) is 1. The van der Waals surface area contributed by atoms with Crippen LogP contribution in [0.1, 0.15) is 25.3 Å². The Kier molecular flexibility index (Phi) is 5.34. The van der Waals surface area contributed by atoms with E-state index in [4.69, 9.17) is 4.74 Å². The van der Waals surface area contributed by atoms with Gasteiger partial charge in [-0.15, -0.1) is 0 Å². The van der Waals surface area contributed by atoms with Crippen LogP contribution >= 0.6 is 15.9 Å². The zero-order valence-corrected chi connectivity index (χ0v) is 11.2. The molecule has 0 radical (unpaired) electrons. The summed E-state index contributed by atoms with van der Waals surface area (Å²) in [6, 6.07) is 10.5. The summed E-state index contributed by atoms with van der Waals surface area (Å²) in [5, 5.41) is 0. The van der Waals surface area contributed by atoms with Gasteiger partial charge in [-0.2, -0.15) is 0 Å². The Balaban J connectivity index is 2.83. The molecule has 2 atom stereocenters. The fourth-order valence-electron chi connectivity index (χ4n) is 1.72. The number of hydrogen-bond donors (Lipinski definition) is 0. The van der Waals surface area contributed by atoms with Crippen molar-refractivity contribution in [3.63, 3.8) is 0 Å². The fourth-order valence-corrected chi connectivity index (χ4v) is 2.17. The molecule has 1 nitrogen and oxygen atoms in total. The van der Waals surface area contributed by atoms with Crippen LogP contribution in [0.15, 0.2) is 30.3 Å². The molecule has 1 rings (SSSR count). The van der Waals surface area contributed by atoms with Gasteiger partial charge in [0, 0.05) is 17.9 Å². The second-order valence-corrected chi connectivity index (χ2v) is 5.22. The Morgan fingerprint density at radius 3 is 2.27 bits per heavy atom. The third-order valence-corrected chi connectivity index (χ3v) is 4.29. The topological polar surface area (TPSA) is 9.23 Å². The Morgan fingerprint density at radius 2 is 1.80 bits per heavy atom. The van der Waals surface area contributed by atoms with Gasteiger partial charge in [0.05, 0.1) is 6.61 Å². The van der Waals surface area contributed by atoms with E-state index in [2.05, 4.69) is 54.0 Å². The van der Waals surface area contributed by atoms with Crippen molar-refractivity contribution in [3.8, 4) is 0 Å². The summed E-state index contributed by atoms with van der Waals surface area (Å²) in [5.74, 6) is 1.03. The highest BCUT2D eigenvalue weighted by Gasteiger charge is 2.23. The molecule has 0 aliphatic heterocycles. The molecule has 0 N–H and O–H groups in total. The number of rotatable bonds is 5. The zero-order valence-electron chi connectivity index (χ0n) is 9.61. The molecule has 2 heteroatoms. The Hall–Kier alpha value is -0.340. The first kappa shape index (κ1) is 12.7. The highest BCUT2D eigenvalue weighted by Crippen LogP contribution is 2.30. The molecule has 0 amide bonds. The van der Waals surface area contributed by atoms with Gasteiger partial charge in [-0.1, -0.05) is 60.1 Å². The van der Waals surface area contributed by atoms with Crippen LogP contribution in [0, 0.1) is 5.92 Å². The number of methoxy groups -OCH3 is 1. The first-order valence-electron chi connectivity index (χ1n) is 5.34. The van der Waals surface area contributed by atoms with E-state index in [0.717, 1.165) is 6.61 Å². The molecule has 0 aromatic heterocycles. The average Bonchev–Trinajstić information content (AvgIpc) is 2.26. The lowest BCUT2D eigenvalue weighted by Gasteiger charge is -2.25. The van der Waals surface area contributed by atoms with Gasteiger partial charge in [0.1, 0.15) is 0 Å². The second-order valence-electron chi connectivity index (χ2n) is 4.16. The lowest BCUT2D eigenvalue weighted by Crippen LogP contribution is -2.22. The van der Waals surface area contributed by atoms with E-state index < -0.39 is 0 Å². The minimum absolute atomic E-state index is 0.427. The van der Waals surface area contributed by atoms with Crippen molar-refractivity contribution in [3.05, 3.63) is 35.9 Å². The second kappa shape index (κ2) is 6.29. The van der Waals surface area contributed by atoms with Crippen molar-refractivity contribution in [1.82, 2.24) is 0 Å². The summed E-state index contributed by atoms with van der Waals surface area (Å²) in [6.07, 6.45) is 0. The molecule has 0 saturated carbocycles. The molecule has 0 saturated heterocycles. The molecule has 0 heterocycles. The molecule has 0 aliphatic rings. The van der Waals surface area contributed by atoms with E-state index in [1.807, 2.05) is 6.07 Å². The predicted octanol–water partition coefficient (Wildman–Crippen LogP) is 3.84. The third kappa shape index (κ3) is 3.62. The molecule has 0 spiro atoms. The van der Waals surface area contributed by atoms with E-state index in [1.165, 1.54) is 5.56 Å². The smallest absolute Gasteiger partial charge is 0.0541 e. The van der Waals surface area contributed by atoms with E-state index in [9.17, 15) is 0 Å². The number of ether oxygens (including phenoxy) is 1. The normalized spacial score (nSPS) is 15.3. The quantitative estimate of drug-likeness (QED) is 0.739. The van der Waals surface area contributed by atoms with E-state index in [-0.39, 0.29) is 0 Å². The van der Waals surface area contributed by atoms with Crippen LogP contribution < -0.4 is 0 Å². The standard InChI is InChI=1S/C13H19BrO/c1-10(2)13(14)12(9-15-3)11-7-5-4-6-8-11/h4-8,10,12-13H,9H2,1-3H3. The molecule has 2 unspecified atom stereocenters. The van der Waals surface area contributed by atoms with Gasteiger partial charge in [0.25, 0.3) is 0 Å². The van der Waals surface area contributed by atoms with Crippen molar-refractivity contribution < 1.29 is 4.74 Å². The summed E-state index contributed by atoms with van der Waals surface area (Å²) in [4.78, 5) is 0.458. The predicted molar refractivity (Wildman–Crippen MR) is 68.6 cm³/mol. The fraction of sp³-hybridized carbons (Fsp3) is 0.538. The highest BCUT2D eigenvalue weighted by molar-refractivity contribution is 9.09. The summed E-state index contributed by atoms with van der Waals surface area (Å²) in [7, 11) is 1.76. The monoisotopic (exact) mass is 270 g/mol. The average molecular weight is 271 g/mol. The Morgan fingerprint density at radius 1 is 1.20 bits per heavy atom. The lowest BCUT2D eigenvalue weighted by molar-refractivity contribution is 0.173. The first-order valence-corrected chi connectivity index (χ1v) is 6.26. The summed E-state index contributed by atoms with van der Waals surface area (Å²) in [5.41, 5.74) is 1.34. The SMILES string of the molecule is COCC(c1ccccc1)C(Br)C(C)C. The van der Waals surface area contributed by atoms with Crippen molar-refractivity contribution in [2.45, 2.75) is 24.6 Å². The number of alkyl halides is 1. The molecule has 84 valence electrons. The molecule has 1 aromatic carbocycles. The van der Waals surface area contributed by atoms with Crippen LogP contribution in [-0.4, -0.2) is 18.5 Å². The maximum absolute atomic E-state index is 5.30. The maximum atomic E-state index is 5.30. The first-order chi connectivity index (χ1) is 7.16. The van der Waals surface area contributed by atoms with Crippen LogP contribution in [0.4, 0.5) is 0 Å². The zero-order chi connectivity index (χ0) is 11.3. The van der Waals surface area contributed by atoms with Gasteiger partial charge >= 0.3 is 0 Å². The van der Waals surface area contributed by atoms with Gasteiger partial charge in [0.15, 0.2) is 0 Å². The van der Waals surface area contributed by atoms with Crippen LogP contribution in [0.3, 0.4) is 0 Å². The maximum Gasteiger partial charge on any atom is 0.0541 e. The van der Waals surface area contributed by atoms with Crippen LogP contribution in [-0.2, 0) is 4.74 Å². The van der Waals surface area contributed by atoms with Gasteiger partial charge in [0.2, 0.25) is 0 Å². The molecule has 0 aliphatic carbocycles.